The summed E-state index contributed by atoms with van der Waals surface area (Å²) in [5.41, 5.74) is 6.43. The molecule has 1 saturated carbocycles. The number of nitrogens with two attached hydrogens (primary N) is 1. The number of benzene rings is 1. The van der Waals surface area contributed by atoms with Gasteiger partial charge < -0.3 is 10.5 Å². The van der Waals surface area contributed by atoms with Crippen LogP contribution in [0.5, 0.6) is 5.75 Å². The van der Waals surface area contributed by atoms with Crippen LogP contribution in [0.1, 0.15) is 43.3 Å². The van der Waals surface area contributed by atoms with Crippen LogP contribution in [0.3, 0.4) is 0 Å². The Hall–Kier alpha value is -2.04. The predicted molar refractivity (Wildman–Crippen MR) is 77.4 cm³/mol. The van der Waals surface area contributed by atoms with Gasteiger partial charge in [0.25, 0.3) is 0 Å². The number of aromatic nitrogens is 3. The molecule has 0 atom stereocenters. The van der Waals surface area contributed by atoms with Crippen molar-refractivity contribution in [2.45, 2.75) is 38.2 Å². The van der Waals surface area contributed by atoms with Gasteiger partial charge in [-0.05, 0) is 25.0 Å². The van der Waals surface area contributed by atoms with Crippen LogP contribution in [-0.2, 0) is 13.7 Å². The summed E-state index contributed by atoms with van der Waals surface area (Å²) in [6, 6.07) is 7.43. The average Bonchev–Trinajstić information content (AvgIpc) is 3.06. The van der Waals surface area contributed by atoms with Crippen molar-refractivity contribution in [3.63, 3.8) is 0 Å². The molecule has 0 radical (unpaired) electrons. The third-order valence-electron chi connectivity index (χ3n) is 3.82. The fourth-order valence-corrected chi connectivity index (χ4v) is 2.67. The number of hydrogen-bond donors (Lipinski definition) is 1. The summed E-state index contributed by atoms with van der Waals surface area (Å²) in [5.74, 6) is 3.11. The number of aryl methyl sites for hydroxylation is 1. The molecule has 1 fully saturated rings. The Labute approximate surface area is 118 Å². The quantitative estimate of drug-likeness (QED) is 0.869. The van der Waals surface area contributed by atoms with Crippen molar-refractivity contribution in [1.29, 1.82) is 0 Å². The molecule has 5 heteroatoms. The van der Waals surface area contributed by atoms with Crippen LogP contribution in [0.4, 0.5) is 5.69 Å². The standard InChI is InChI=1S/C15H20N4O/c1-19-14(10-20-13-8-4-7-12(16)9-13)17-15(18-19)11-5-2-3-6-11/h4,7-9,11H,2-3,5-6,10,16H2,1H3. The predicted octanol–water partition coefficient (Wildman–Crippen LogP) is 2.63. The molecule has 1 aromatic carbocycles. The van der Waals surface area contributed by atoms with E-state index in [1.807, 2.05) is 36.0 Å². The van der Waals surface area contributed by atoms with E-state index in [1.54, 1.807) is 0 Å². The molecule has 0 bridgehead atoms. The summed E-state index contributed by atoms with van der Waals surface area (Å²) in [6.45, 7) is 0.416. The second-order valence-electron chi connectivity index (χ2n) is 5.35. The zero-order valence-electron chi connectivity index (χ0n) is 11.7. The van der Waals surface area contributed by atoms with E-state index >= 15 is 0 Å². The summed E-state index contributed by atoms with van der Waals surface area (Å²) < 4.78 is 7.55. The lowest BCUT2D eigenvalue weighted by Gasteiger charge is -2.05. The second kappa shape index (κ2) is 5.53. The molecule has 3 rings (SSSR count). The zero-order valence-corrected chi connectivity index (χ0v) is 11.7. The lowest BCUT2D eigenvalue weighted by molar-refractivity contribution is 0.290. The van der Waals surface area contributed by atoms with E-state index in [9.17, 15) is 0 Å². The van der Waals surface area contributed by atoms with Gasteiger partial charge >= 0.3 is 0 Å². The van der Waals surface area contributed by atoms with Crippen molar-refractivity contribution in [2.24, 2.45) is 7.05 Å². The van der Waals surface area contributed by atoms with E-state index in [4.69, 9.17) is 10.5 Å². The number of nitrogen functional groups attached to an aromatic ring is 1. The lowest BCUT2D eigenvalue weighted by Crippen LogP contribution is -2.04. The smallest absolute Gasteiger partial charge is 0.164 e. The van der Waals surface area contributed by atoms with Gasteiger partial charge in [-0.2, -0.15) is 5.10 Å². The third kappa shape index (κ3) is 2.76. The Bertz CT molecular complexity index is 587. The highest BCUT2D eigenvalue weighted by Gasteiger charge is 2.22. The first-order valence-electron chi connectivity index (χ1n) is 7.10. The SMILES string of the molecule is Cn1nc(C2CCCC2)nc1COc1cccc(N)c1. The summed E-state index contributed by atoms with van der Waals surface area (Å²) >= 11 is 0. The Morgan fingerprint density at radius 3 is 2.90 bits per heavy atom. The first-order chi connectivity index (χ1) is 9.72. The maximum atomic E-state index is 5.73. The van der Waals surface area contributed by atoms with E-state index in [1.165, 1.54) is 25.7 Å². The van der Waals surface area contributed by atoms with E-state index < -0.39 is 0 Å². The molecule has 1 aromatic heterocycles. The van der Waals surface area contributed by atoms with Gasteiger partial charge in [0.05, 0.1) is 0 Å². The van der Waals surface area contributed by atoms with Crippen molar-refractivity contribution in [3.05, 3.63) is 35.9 Å². The van der Waals surface area contributed by atoms with Gasteiger partial charge in [-0.15, -0.1) is 0 Å². The summed E-state index contributed by atoms with van der Waals surface area (Å²) in [7, 11) is 1.92. The molecule has 1 heterocycles. The van der Waals surface area contributed by atoms with E-state index in [0.29, 0.717) is 18.2 Å². The molecule has 0 aliphatic heterocycles. The Morgan fingerprint density at radius 1 is 1.35 bits per heavy atom. The Morgan fingerprint density at radius 2 is 2.15 bits per heavy atom. The number of rotatable bonds is 4. The highest BCUT2D eigenvalue weighted by molar-refractivity contribution is 5.43. The molecular formula is C15H20N4O. The van der Waals surface area contributed by atoms with E-state index in [-0.39, 0.29) is 0 Å². The van der Waals surface area contributed by atoms with Gasteiger partial charge in [0.2, 0.25) is 0 Å². The van der Waals surface area contributed by atoms with Crippen LogP contribution in [0.2, 0.25) is 0 Å². The van der Waals surface area contributed by atoms with Crippen molar-refractivity contribution >= 4 is 5.69 Å². The van der Waals surface area contributed by atoms with E-state index in [2.05, 4.69) is 10.1 Å². The maximum absolute atomic E-state index is 5.73. The summed E-state index contributed by atoms with van der Waals surface area (Å²) in [5, 5.41) is 4.52. The highest BCUT2D eigenvalue weighted by Crippen LogP contribution is 2.32. The number of ether oxygens (including phenoxy) is 1. The maximum Gasteiger partial charge on any atom is 0.164 e. The summed E-state index contributed by atoms with van der Waals surface area (Å²) in [6.07, 6.45) is 5.00. The molecule has 106 valence electrons. The molecule has 2 aromatic rings. The Kier molecular flexibility index (Phi) is 3.58. The highest BCUT2D eigenvalue weighted by atomic mass is 16.5. The summed E-state index contributed by atoms with van der Waals surface area (Å²) in [4.78, 5) is 4.62. The minimum atomic E-state index is 0.416. The first kappa shape index (κ1) is 13.0. The van der Waals surface area contributed by atoms with Crippen LogP contribution in [-0.4, -0.2) is 14.8 Å². The molecular weight excluding hydrogens is 252 g/mol. The van der Waals surface area contributed by atoms with Crippen molar-refractivity contribution in [3.8, 4) is 5.75 Å². The van der Waals surface area contributed by atoms with Gasteiger partial charge in [-0.1, -0.05) is 18.9 Å². The van der Waals surface area contributed by atoms with Crippen LogP contribution in [0.25, 0.3) is 0 Å². The van der Waals surface area contributed by atoms with Crippen molar-refractivity contribution in [1.82, 2.24) is 14.8 Å². The largest absolute Gasteiger partial charge is 0.486 e. The van der Waals surface area contributed by atoms with Crippen LogP contribution in [0.15, 0.2) is 24.3 Å². The van der Waals surface area contributed by atoms with Gasteiger partial charge in [0.15, 0.2) is 11.6 Å². The molecule has 0 spiro atoms. The van der Waals surface area contributed by atoms with Crippen molar-refractivity contribution < 1.29 is 4.74 Å². The van der Waals surface area contributed by atoms with Gasteiger partial charge in [0.1, 0.15) is 12.4 Å². The molecule has 0 saturated heterocycles. The third-order valence-corrected chi connectivity index (χ3v) is 3.82. The van der Waals surface area contributed by atoms with Crippen molar-refractivity contribution in [2.75, 3.05) is 5.73 Å². The second-order valence-corrected chi connectivity index (χ2v) is 5.35. The number of hydrogen-bond acceptors (Lipinski definition) is 4. The molecule has 0 unspecified atom stereocenters. The minimum absolute atomic E-state index is 0.416. The van der Waals surface area contributed by atoms with Crippen LogP contribution in [0, 0.1) is 0 Å². The fraction of sp³-hybridized carbons (Fsp3) is 0.467. The Balaban J connectivity index is 1.68. The van der Waals surface area contributed by atoms with Gasteiger partial charge in [0, 0.05) is 24.7 Å². The van der Waals surface area contributed by atoms with Gasteiger partial charge in [-0.3, -0.25) is 0 Å². The number of nitrogens with zero attached hydrogens (tertiary/aromatic N) is 3. The number of anilines is 1. The molecule has 1 aliphatic carbocycles. The zero-order chi connectivity index (χ0) is 13.9. The van der Waals surface area contributed by atoms with Crippen LogP contribution < -0.4 is 10.5 Å². The molecule has 20 heavy (non-hydrogen) atoms. The first-order valence-corrected chi connectivity index (χ1v) is 7.10. The van der Waals surface area contributed by atoms with Crippen LogP contribution >= 0.6 is 0 Å². The molecule has 0 amide bonds. The topological polar surface area (TPSA) is 66.0 Å². The normalized spacial score (nSPS) is 15.7. The molecule has 5 nitrogen and oxygen atoms in total. The molecule has 1 aliphatic rings. The minimum Gasteiger partial charge on any atom is -0.486 e. The molecule has 2 N–H and O–H groups in total. The average molecular weight is 272 g/mol. The van der Waals surface area contributed by atoms with Gasteiger partial charge in [-0.25, -0.2) is 9.67 Å². The monoisotopic (exact) mass is 272 g/mol. The van der Waals surface area contributed by atoms with E-state index in [0.717, 1.165) is 17.4 Å². The fourth-order valence-electron chi connectivity index (χ4n) is 2.67. The lowest BCUT2D eigenvalue weighted by atomic mass is 10.1.